The van der Waals surface area contributed by atoms with Gasteiger partial charge in [-0.2, -0.15) is 0 Å². The van der Waals surface area contributed by atoms with Crippen LogP contribution in [0.2, 0.25) is 0 Å². The van der Waals surface area contributed by atoms with Crippen molar-refractivity contribution in [3.63, 3.8) is 0 Å². The number of carboxylic acid groups (broad SMARTS) is 1. The van der Waals surface area contributed by atoms with E-state index in [0.717, 1.165) is 12.1 Å². The van der Waals surface area contributed by atoms with Gasteiger partial charge in [0.25, 0.3) is 5.91 Å². The van der Waals surface area contributed by atoms with Crippen molar-refractivity contribution in [2.75, 3.05) is 6.54 Å². The number of carbonyl (C=O) groups is 2. The highest BCUT2D eigenvalue weighted by molar-refractivity contribution is 5.89. The summed E-state index contributed by atoms with van der Waals surface area (Å²) in [4.78, 5) is 32.4. The fraction of sp³-hybridized carbons (Fsp3) is 0.333. The van der Waals surface area contributed by atoms with Crippen molar-refractivity contribution < 1.29 is 24.4 Å². The normalized spacial score (nSPS) is 11.5. The van der Waals surface area contributed by atoms with Crippen LogP contribution in [-0.4, -0.2) is 34.6 Å². The van der Waals surface area contributed by atoms with E-state index in [9.17, 15) is 19.7 Å². The molecule has 0 saturated heterocycles. The van der Waals surface area contributed by atoms with Crippen LogP contribution < -0.4 is 10.1 Å². The SMILES string of the molecule is CCNC(=O)C(C)Oc1ccc(C(=O)O)cc1[N+](=O)[O-]. The molecule has 0 heterocycles. The number of rotatable bonds is 6. The molecule has 0 fully saturated rings. The number of nitrogens with zero attached hydrogens (tertiary/aromatic N) is 1. The van der Waals surface area contributed by atoms with Crippen molar-refractivity contribution in [1.29, 1.82) is 0 Å². The van der Waals surface area contributed by atoms with Crippen LogP contribution in [0.3, 0.4) is 0 Å². The zero-order valence-electron chi connectivity index (χ0n) is 11.0. The number of carbonyl (C=O) groups excluding carboxylic acids is 1. The van der Waals surface area contributed by atoms with E-state index in [0.29, 0.717) is 6.54 Å². The standard InChI is InChI=1S/C12H14N2O6/c1-3-13-11(15)7(2)20-10-5-4-8(12(16)17)6-9(10)14(18)19/h4-7H,3H2,1-2H3,(H,13,15)(H,16,17). The lowest BCUT2D eigenvalue weighted by atomic mass is 10.2. The highest BCUT2D eigenvalue weighted by Gasteiger charge is 2.22. The molecule has 0 aliphatic heterocycles. The average Bonchev–Trinajstić information content (AvgIpc) is 2.38. The predicted molar refractivity (Wildman–Crippen MR) is 68.8 cm³/mol. The summed E-state index contributed by atoms with van der Waals surface area (Å²) in [6.07, 6.45) is -0.927. The Kier molecular flexibility index (Phi) is 5.01. The van der Waals surface area contributed by atoms with E-state index in [1.54, 1.807) is 6.92 Å². The molecule has 0 radical (unpaired) electrons. The van der Waals surface area contributed by atoms with Crippen LogP contribution in [-0.2, 0) is 4.79 Å². The van der Waals surface area contributed by atoms with Crippen molar-refractivity contribution in [3.8, 4) is 5.75 Å². The predicted octanol–water partition coefficient (Wildman–Crippen LogP) is 1.20. The van der Waals surface area contributed by atoms with Gasteiger partial charge >= 0.3 is 11.7 Å². The third-order valence-corrected chi connectivity index (χ3v) is 2.43. The summed E-state index contributed by atoms with van der Waals surface area (Å²) in [5.41, 5.74) is -0.726. The fourth-order valence-corrected chi connectivity index (χ4v) is 1.45. The first-order chi connectivity index (χ1) is 9.36. The van der Waals surface area contributed by atoms with Crippen molar-refractivity contribution >= 4 is 17.6 Å². The third-order valence-electron chi connectivity index (χ3n) is 2.43. The van der Waals surface area contributed by atoms with Gasteiger partial charge in [0.15, 0.2) is 11.9 Å². The van der Waals surface area contributed by atoms with Crippen molar-refractivity contribution in [2.45, 2.75) is 20.0 Å². The molecule has 1 amide bonds. The summed E-state index contributed by atoms with van der Waals surface area (Å²) in [5.74, 6) is -1.85. The Morgan fingerprint density at radius 1 is 1.50 bits per heavy atom. The Hall–Kier alpha value is -2.64. The number of nitrogens with one attached hydrogen (secondary N) is 1. The van der Waals surface area contributed by atoms with E-state index in [1.165, 1.54) is 13.0 Å². The minimum absolute atomic E-state index is 0.154. The van der Waals surface area contributed by atoms with E-state index in [2.05, 4.69) is 5.32 Å². The number of aromatic carboxylic acids is 1. The monoisotopic (exact) mass is 282 g/mol. The Labute approximate surface area is 114 Å². The molecule has 1 unspecified atom stereocenters. The molecule has 20 heavy (non-hydrogen) atoms. The van der Waals surface area contributed by atoms with Gasteiger partial charge < -0.3 is 15.2 Å². The largest absolute Gasteiger partial charge is 0.478 e. The van der Waals surface area contributed by atoms with E-state index < -0.39 is 28.6 Å². The summed E-state index contributed by atoms with van der Waals surface area (Å²) in [7, 11) is 0. The van der Waals surface area contributed by atoms with Crippen LogP contribution in [0.1, 0.15) is 24.2 Å². The van der Waals surface area contributed by atoms with E-state index >= 15 is 0 Å². The van der Waals surface area contributed by atoms with Crippen LogP contribution in [0.25, 0.3) is 0 Å². The van der Waals surface area contributed by atoms with E-state index in [1.807, 2.05) is 0 Å². The lowest BCUT2D eigenvalue weighted by Gasteiger charge is -2.14. The summed E-state index contributed by atoms with van der Waals surface area (Å²) in [6, 6.07) is 3.23. The molecule has 0 spiro atoms. The fourth-order valence-electron chi connectivity index (χ4n) is 1.45. The van der Waals surface area contributed by atoms with Crippen molar-refractivity contribution in [3.05, 3.63) is 33.9 Å². The van der Waals surface area contributed by atoms with Crippen molar-refractivity contribution in [2.24, 2.45) is 0 Å². The van der Waals surface area contributed by atoms with Crippen LogP contribution in [0, 0.1) is 10.1 Å². The van der Waals surface area contributed by atoms with Crippen LogP contribution in [0.15, 0.2) is 18.2 Å². The number of nitro benzene ring substituents is 1. The smallest absolute Gasteiger partial charge is 0.335 e. The minimum atomic E-state index is -1.28. The molecule has 0 aliphatic carbocycles. The molecule has 2 N–H and O–H groups in total. The summed E-state index contributed by atoms with van der Waals surface area (Å²) in [5, 5.41) is 22.2. The maximum atomic E-state index is 11.5. The maximum Gasteiger partial charge on any atom is 0.335 e. The van der Waals surface area contributed by atoms with Gasteiger partial charge in [-0.15, -0.1) is 0 Å². The van der Waals surface area contributed by atoms with Gasteiger partial charge in [0.1, 0.15) is 0 Å². The number of amides is 1. The second-order valence-corrected chi connectivity index (χ2v) is 3.90. The van der Waals surface area contributed by atoms with Gasteiger partial charge in [-0.05, 0) is 26.0 Å². The molecular weight excluding hydrogens is 268 g/mol. The first-order valence-electron chi connectivity index (χ1n) is 5.83. The number of ether oxygens (including phenoxy) is 1. The molecule has 8 heteroatoms. The molecule has 1 atom stereocenters. The Morgan fingerprint density at radius 3 is 2.65 bits per heavy atom. The van der Waals surface area contributed by atoms with Crippen molar-refractivity contribution in [1.82, 2.24) is 5.32 Å². The summed E-state index contributed by atoms with van der Waals surface area (Å²) < 4.78 is 5.21. The quantitative estimate of drug-likeness (QED) is 0.597. The number of nitro groups is 1. The molecule has 0 aromatic heterocycles. The first kappa shape index (κ1) is 15.4. The second kappa shape index (κ2) is 6.50. The zero-order valence-corrected chi connectivity index (χ0v) is 11.0. The molecule has 8 nitrogen and oxygen atoms in total. The number of carboxylic acids is 1. The Balaban J connectivity index is 3.03. The third kappa shape index (κ3) is 3.67. The lowest BCUT2D eigenvalue weighted by molar-refractivity contribution is -0.386. The van der Waals surface area contributed by atoms with E-state index in [4.69, 9.17) is 9.84 Å². The number of hydrogen-bond donors (Lipinski definition) is 2. The summed E-state index contributed by atoms with van der Waals surface area (Å²) >= 11 is 0. The van der Waals surface area contributed by atoms with Gasteiger partial charge in [-0.3, -0.25) is 14.9 Å². The highest BCUT2D eigenvalue weighted by Crippen LogP contribution is 2.28. The Morgan fingerprint density at radius 2 is 2.15 bits per heavy atom. The first-order valence-corrected chi connectivity index (χ1v) is 5.83. The molecular formula is C12H14N2O6. The minimum Gasteiger partial charge on any atom is -0.478 e. The zero-order chi connectivity index (χ0) is 15.3. The number of hydrogen-bond acceptors (Lipinski definition) is 5. The van der Waals surface area contributed by atoms with Gasteiger partial charge in [-0.25, -0.2) is 4.79 Å². The molecule has 1 aromatic carbocycles. The number of likely N-dealkylation sites (N-methyl/N-ethyl adjacent to an activating group) is 1. The molecule has 108 valence electrons. The molecule has 1 rings (SSSR count). The Bertz CT molecular complexity index is 543. The second-order valence-electron chi connectivity index (χ2n) is 3.90. The number of benzene rings is 1. The van der Waals surface area contributed by atoms with Gasteiger partial charge in [0.2, 0.25) is 0 Å². The maximum absolute atomic E-state index is 11.5. The van der Waals surface area contributed by atoms with Crippen LogP contribution >= 0.6 is 0 Å². The van der Waals surface area contributed by atoms with Gasteiger partial charge in [0, 0.05) is 12.6 Å². The molecule has 0 bridgehead atoms. The molecule has 0 aliphatic rings. The molecule has 1 aromatic rings. The molecule has 0 saturated carbocycles. The lowest BCUT2D eigenvalue weighted by Crippen LogP contribution is -2.36. The summed E-state index contributed by atoms with van der Waals surface area (Å²) in [6.45, 7) is 3.58. The van der Waals surface area contributed by atoms with Gasteiger partial charge in [-0.1, -0.05) is 0 Å². The average molecular weight is 282 g/mol. The van der Waals surface area contributed by atoms with E-state index in [-0.39, 0.29) is 11.3 Å². The topological polar surface area (TPSA) is 119 Å². The van der Waals surface area contributed by atoms with Crippen LogP contribution in [0.5, 0.6) is 5.75 Å². The van der Waals surface area contributed by atoms with Gasteiger partial charge in [0.05, 0.1) is 10.5 Å². The van der Waals surface area contributed by atoms with Crippen LogP contribution in [0.4, 0.5) is 5.69 Å². The highest BCUT2D eigenvalue weighted by atomic mass is 16.6.